The third kappa shape index (κ3) is 4.79. The summed E-state index contributed by atoms with van der Waals surface area (Å²) in [5, 5.41) is -13.3. The second-order valence-electron chi connectivity index (χ2n) is 5.84. The van der Waals surface area contributed by atoms with Gasteiger partial charge in [-0.15, -0.1) is 0 Å². The summed E-state index contributed by atoms with van der Waals surface area (Å²) in [5.41, 5.74) is 0. The van der Waals surface area contributed by atoms with E-state index < -0.39 is 60.4 Å². The van der Waals surface area contributed by atoms with E-state index in [9.17, 15) is 51.2 Å². The molecule has 0 atom stereocenters. The van der Waals surface area contributed by atoms with Crippen LogP contribution >= 0.6 is 0 Å². The van der Waals surface area contributed by atoms with Crippen molar-refractivity contribution < 1.29 is 51.2 Å². The lowest BCUT2D eigenvalue weighted by molar-refractivity contribution is -0.0972. The van der Waals surface area contributed by atoms with Crippen LogP contribution in [0.1, 0.15) is 0 Å². The maximum absolute atomic E-state index is 14.2. The summed E-state index contributed by atoms with van der Waals surface area (Å²) in [6.07, 6.45) is 0. The van der Waals surface area contributed by atoms with Crippen LogP contribution in [0.25, 0.3) is 0 Å². The first-order valence-corrected chi connectivity index (χ1v) is 13.7. The van der Waals surface area contributed by atoms with Crippen molar-refractivity contribution in [3.05, 3.63) is 60.7 Å². The van der Waals surface area contributed by atoms with Gasteiger partial charge >= 0.3 is 10.5 Å². The van der Waals surface area contributed by atoms with Crippen molar-refractivity contribution in [1.29, 1.82) is 0 Å². The number of alkyl halides is 4. The molecular weight excluding hydrogens is 528 g/mol. The third-order valence-corrected chi connectivity index (χ3v) is 10.8. The minimum absolute atomic E-state index is 0.335. The molecule has 2 aromatic carbocycles. The van der Waals surface area contributed by atoms with E-state index >= 15 is 0 Å². The minimum atomic E-state index is -6.96. The Balaban J connectivity index is 2.46. The van der Waals surface area contributed by atoms with Crippen LogP contribution in [-0.2, 0) is 40.1 Å². The molecule has 0 aliphatic rings. The molecule has 0 bridgehead atoms. The highest BCUT2D eigenvalue weighted by Gasteiger charge is 2.74. The molecular formula is C14H12F4N2O8S4. The molecule has 2 aromatic rings. The SMILES string of the molecule is O=S(=O)(NS(=O)(=O)C(F)(F)C(F)(F)S(=O)(=O)NS(=O)(=O)c1ccccc1)c1ccccc1. The number of sulfonamides is 4. The van der Waals surface area contributed by atoms with Gasteiger partial charge in [0.05, 0.1) is 9.79 Å². The van der Waals surface area contributed by atoms with Crippen molar-refractivity contribution >= 4 is 40.1 Å². The van der Waals surface area contributed by atoms with Gasteiger partial charge in [0.15, 0.2) is 0 Å². The lowest BCUT2D eigenvalue weighted by Crippen LogP contribution is -2.59. The molecule has 0 saturated carbocycles. The van der Waals surface area contributed by atoms with Crippen molar-refractivity contribution in [1.82, 2.24) is 8.25 Å². The van der Waals surface area contributed by atoms with Gasteiger partial charge in [-0.1, -0.05) is 44.7 Å². The minimum Gasteiger partial charge on any atom is -0.206 e. The quantitative estimate of drug-likeness (QED) is 0.442. The topological polar surface area (TPSA) is 161 Å². The standard InChI is InChI=1S/C14H12F4N2O8S4/c15-13(16,31(25,26)19-29(21,22)11-7-3-1-4-8-11)14(17,18)32(27,28)20-30(23,24)12-9-5-2-6-10-12/h1-10,19-20H. The van der Waals surface area contributed by atoms with Crippen LogP contribution in [0.5, 0.6) is 0 Å². The molecule has 0 aromatic heterocycles. The van der Waals surface area contributed by atoms with Gasteiger partial charge in [-0.05, 0) is 24.3 Å². The zero-order chi connectivity index (χ0) is 24.6. The van der Waals surface area contributed by atoms with E-state index in [-0.39, 0.29) is 0 Å². The second kappa shape index (κ2) is 8.34. The molecule has 0 aliphatic carbocycles. The highest BCUT2D eigenvalue weighted by atomic mass is 32.3. The van der Waals surface area contributed by atoms with Gasteiger partial charge in [-0.3, -0.25) is 0 Å². The molecule has 0 saturated heterocycles. The average Bonchev–Trinajstić information content (AvgIpc) is 2.67. The average molecular weight is 541 g/mol. The number of hydrogen-bond donors (Lipinski definition) is 2. The van der Waals surface area contributed by atoms with Gasteiger partial charge in [0.25, 0.3) is 40.1 Å². The first kappa shape index (κ1) is 26.1. The highest BCUT2D eigenvalue weighted by molar-refractivity contribution is 8.07. The van der Waals surface area contributed by atoms with E-state index in [0.29, 0.717) is 8.25 Å². The van der Waals surface area contributed by atoms with Crippen LogP contribution in [0.15, 0.2) is 70.5 Å². The Hall–Kier alpha value is -2.12. The number of benzene rings is 2. The zero-order valence-electron chi connectivity index (χ0n) is 15.2. The molecule has 2 N–H and O–H groups in total. The normalized spacial score (nSPS) is 14.2. The first-order valence-electron chi connectivity index (χ1n) is 7.79. The summed E-state index contributed by atoms with van der Waals surface area (Å²) >= 11 is 0. The van der Waals surface area contributed by atoms with Crippen molar-refractivity contribution in [3.63, 3.8) is 0 Å². The van der Waals surface area contributed by atoms with E-state index in [1.807, 2.05) is 0 Å². The van der Waals surface area contributed by atoms with E-state index in [1.54, 1.807) is 0 Å². The van der Waals surface area contributed by atoms with E-state index in [4.69, 9.17) is 0 Å². The molecule has 0 fully saturated rings. The molecule has 0 aliphatic heterocycles. The molecule has 0 unspecified atom stereocenters. The largest absolute Gasteiger partial charge is 0.438 e. The molecule has 2 rings (SSSR count). The van der Waals surface area contributed by atoms with Crippen molar-refractivity contribution in [2.75, 3.05) is 0 Å². The molecule has 178 valence electrons. The molecule has 0 radical (unpaired) electrons. The van der Waals surface area contributed by atoms with Gasteiger partial charge in [-0.25, -0.2) is 33.7 Å². The maximum atomic E-state index is 14.2. The Labute approximate surface area is 180 Å². The van der Waals surface area contributed by atoms with Gasteiger partial charge in [-0.2, -0.15) is 17.6 Å². The molecule has 18 heteroatoms. The van der Waals surface area contributed by atoms with Crippen LogP contribution in [0.2, 0.25) is 0 Å². The summed E-state index contributed by atoms with van der Waals surface area (Å²) in [7, 11) is -24.7. The summed E-state index contributed by atoms with van der Waals surface area (Å²) in [5.74, 6) is 0. The van der Waals surface area contributed by atoms with Gasteiger partial charge in [0, 0.05) is 0 Å². The molecule has 32 heavy (non-hydrogen) atoms. The Morgan fingerprint density at radius 2 is 0.750 bits per heavy atom. The lowest BCUT2D eigenvalue weighted by atomic mass is 10.4. The molecule has 10 nitrogen and oxygen atoms in total. The van der Waals surface area contributed by atoms with Crippen LogP contribution in [-0.4, -0.2) is 44.2 Å². The van der Waals surface area contributed by atoms with E-state index in [1.165, 1.54) is 12.1 Å². The Bertz CT molecular complexity index is 1300. The van der Waals surface area contributed by atoms with Crippen LogP contribution in [0.3, 0.4) is 0 Å². The van der Waals surface area contributed by atoms with E-state index in [0.717, 1.165) is 48.5 Å². The van der Waals surface area contributed by atoms with Gasteiger partial charge in [0.1, 0.15) is 0 Å². The zero-order valence-corrected chi connectivity index (χ0v) is 18.5. The third-order valence-electron chi connectivity index (χ3n) is 3.56. The summed E-state index contributed by atoms with van der Waals surface area (Å²) in [4.78, 5) is -1.84. The predicted molar refractivity (Wildman–Crippen MR) is 101 cm³/mol. The van der Waals surface area contributed by atoms with Gasteiger partial charge < -0.3 is 0 Å². The number of hydrogen-bond acceptors (Lipinski definition) is 8. The van der Waals surface area contributed by atoms with Crippen molar-refractivity contribution in [3.8, 4) is 0 Å². The molecule has 0 spiro atoms. The predicted octanol–water partition coefficient (Wildman–Crippen LogP) is 0.789. The summed E-state index contributed by atoms with van der Waals surface area (Å²) in [6, 6.07) is 9.68. The second-order valence-corrected chi connectivity index (χ2v) is 13.2. The van der Waals surface area contributed by atoms with Crippen molar-refractivity contribution in [2.45, 2.75) is 20.3 Å². The van der Waals surface area contributed by atoms with Crippen molar-refractivity contribution in [2.24, 2.45) is 0 Å². The number of halogens is 4. The van der Waals surface area contributed by atoms with Crippen LogP contribution in [0, 0.1) is 0 Å². The Morgan fingerprint density at radius 3 is 1.00 bits per heavy atom. The van der Waals surface area contributed by atoms with Gasteiger partial charge in [0.2, 0.25) is 0 Å². The van der Waals surface area contributed by atoms with Crippen LogP contribution < -0.4 is 8.25 Å². The summed E-state index contributed by atoms with van der Waals surface area (Å²) in [6.45, 7) is 0. The summed E-state index contributed by atoms with van der Waals surface area (Å²) < 4.78 is 153. The van der Waals surface area contributed by atoms with Crippen LogP contribution in [0.4, 0.5) is 17.6 Å². The monoisotopic (exact) mass is 540 g/mol. The molecule has 0 heterocycles. The Kier molecular flexibility index (Phi) is 6.81. The smallest absolute Gasteiger partial charge is 0.206 e. The molecule has 0 amide bonds. The first-order chi connectivity index (χ1) is 14.4. The fourth-order valence-electron chi connectivity index (χ4n) is 2.00. The number of nitrogens with one attached hydrogen (secondary N) is 2. The highest BCUT2D eigenvalue weighted by Crippen LogP contribution is 2.42. The number of rotatable bonds is 9. The van der Waals surface area contributed by atoms with E-state index in [2.05, 4.69) is 0 Å². The Morgan fingerprint density at radius 1 is 0.500 bits per heavy atom. The maximum Gasteiger partial charge on any atom is 0.438 e. The fourth-order valence-corrected chi connectivity index (χ4v) is 8.23. The fraction of sp³-hybridized carbons (Fsp3) is 0.143. The lowest BCUT2D eigenvalue weighted by Gasteiger charge is -2.25.